The molecule has 280 valence electrons. The van der Waals surface area contributed by atoms with Crippen molar-refractivity contribution in [3.05, 3.63) is 241 Å². The summed E-state index contributed by atoms with van der Waals surface area (Å²) in [6.07, 6.45) is 0. The Kier molecular flexibility index (Phi) is 6.58. The topological polar surface area (TPSA) is 0 Å². The van der Waals surface area contributed by atoms with E-state index in [1.54, 1.807) is 0 Å². The van der Waals surface area contributed by atoms with Gasteiger partial charge in [-0.05, 0) is 144 Å². The molecule has 0 heteroatoms. The van der Waals surface area contributed by atoms with Crippen LogP contribution in [0, 0.1) is 0 Å². The number of hydrogen-bond acceptors (Lipinski definition) is 0. The van der Waals surface area contributed by atoms with E-state index in [1.807, 2.05) is 0 Å². The van der Waals surface area contributed by atoms with Crippen molar-refractivity contribution < 1.29 is 0 Å². The maximum Gasteiger partial charge on any atom is 0.0737 e. The number of benzene rings is 12. The second-order valence-corrected chi connectivity index (χ2v) is 17.0. The molecule has 0 aromatic heterocycles. The molecule has 12 aromatic rings. The van der Waals surface area contributed by atoms with Gasteiger partial charge in [0, 0.05) is 0 Å². The molecule has 0 atom stereocenters. The Morgan fingerprint density at radius 3 is 1.31 bits per heavy atom. The highest BCUT2D eigenvalue weighted by molar-refractivity contribution is 6.26. The summed E-state index contributed by atoms with van der Waals surface area (Å²) in [5.41, 5.74) is 15.5. The van der Waals surface area contributed by atoms with Gasteiger partial charge >= 0.3 is 0 Å². The summed E-state index contributed by atoms with van der Waals surface area (Å²) in [5.74, 6) is 0. The summed E-state index contributed by atoms with van der Waals surface area (Å²) in [7, 11) is 0. The van der Waals surface area contributed by atoms with Gasteiger partial charge in [0.15, 0.2) is 0 Å². The van der Waals surface area contributed by atoms with Gasteiger partial charge < -0.3 is 0 Å². The third kappa shape index (κ3) is 4.24. The zero-order chi connectivity index (χ0) is 39.8. The van der Waals surface area contributed by atoms with Gasteiger partial charge in [-0.1, -0.05) is 206 Å². The van der Waals surface area contributed by atoms with Crippen LogP contribution < -0.4 is 0 Å². The lowest BCUT2D eigenvalue weighted by molar-refractivity contribution is 0.809. The average molecular weight is 769 g/mol. The van der Waals surface area contributed by atoms with Gasteiger partial charge in [-0.3, -0.25) is 0 Å². The van der Waals surface area contributed by atoms with Crippen molar-refractivity contribution in [2.75, 3.05) is 0 Å². The average Bonchev–Trinajstić information content (AvgIpc) is 3.80. The fourth-order valence-corrected chi connectivity index (χ4v) is 11.9. The van der Waals surface area contributed by atoms with Gasteiger partial charge in [-0.25, -0.2) is 0 Å². The van der Waals surface area contributed by atoms with Crippen LogP contribution in [0.15, 0.2) is 218 Å². The minimum atomic E-state index is -0.455. The summed E-state index contributed by atoms with van der Waals surface area (Å²) >= 11 is 0. The zero-order valence-corrected chi connectivity index (χ0v) is 33.3. The minimum Gasteiger partial charge on any atom is -0.0619 e. The van der Waals surface area contributed by atoms with Crippen LogP contribution in [-0.2, 0) is 5.41 Å². The van der Waals surface area contributed by atoms with Crippen LogP contribution >= 0.6 is 0 Å². The Labute approximate surface area is 353 Å². The van der Waals surface area contributed by atoms with E-state index in [0.717, 1.165) is 0 Å². The van der Waals surface area contributed by atoms with Gasteiger partial charge in [0.25, 0.3) is 0 Å². The van der Waals surface area contributed by atoms with Gasteiger partial charge in [-0.2, -0.15) is 0 Å². The van der Waals surface area contributed by atoms with E-state index in [4.69, 9.17) is 0 Å². The number of rotatable bonds is 2. The highest BCUT2D eigenvalue weighted by Crippen LogP contribution is 2.65. The SMILES string of the molecule is c1ccc2c(c1)-c1ccccc1C21c2c(ccc3ccccc23)-c2ccc3cc(-c4c5ccccc5c(-c5cc6ccccc6c6ccccc56)c5ccccc45)ccc3c21. The third-order valence-corrected chi connectivity index (χ3v) is 14.2. The Balaban J connectivity index is 1.06. The molecule has 0 fully saturated rings. The summed E-state index contributed by atoms with van der Waals surface area (Å²) in [5, 5.41) is 15.4. The molecule has 0 radical (unpaired) electrons. The molecular formula is C61H36. The summed E-state index contributed by atoms with van der Waals surface area (Å²) in [6.45, 7) is 0. The summed E-state index contributed by atoms with van der Waals surface area (Å²) < 4.78 is 0. The van der Waals surface area contributed by atoms with Crippen LogP contribution in [0.2, 0.25) is 0 Å². The smallest absolute Gasteiger partial charge is 0.0619 e. The molecule has 12 aromatic carbocycles. The molecule has 0 bridgehead atoms. The normalized spacial score (nSPS) is 13.4. The van der Waals surface area contributed by atoms with Crippen molar-refractivity contribution in [1.29, 1.82) is 0 Å². The third-order valence-electron chi connectivity index (χ3n) is 14.2. The number of fused-ring (bicyclic) bond motifs is 19. The largest absolute Gasteiger partial charge is 0.0737 e. The van der Waals surface area contributed by atoms with E-state index >= 15 is 0 Å². The molecular weight excluding hydrogens is 733 g/mol. The lowest BCUT2D eigenvalue weighted by Crippen LogP contribution is -2.26. The van der Waals surface area contributed by atoms with E-state index < -0.39 is 5.41 Å². The second-order valence-electron chi connectivity index (χ2n) is 17.0. The predicted octanol–water partition coefficient (Wildman–Crippen LogP) is 16.3. The van der Waals surface area contributed by atoms with Gasteiger partial charge in [0.1, 0.15) is 0 Å². The van der Waals surface area contributed by atoms with Gasteiger partial charge in [0.2, 0.25) is 0 Å². The molecule has 2 aliphatic rings. The zero-order valence-electron chi connectivity index (χ0n) is 33.3. The van der Waals surface area contributed by atoms with Crippen molar-refractivity contribution in [2.24, 2.45) is 0 Å². The molecule has 0 unspecified atom stereocenters. The highest BCUT2D eigenvalue weighted by atomic mass is 14.5. The number of hydrogen-bond donors (Lipinski definition) is 0. The van der Waals surface area contributed by atoms with Crippen molar-refractivity contribution in [3.8, 4) is 44.5 Å². The van der Waals surface area contributed by atoms with E-state index in [-0.39, 0.29) is 0 Å². The van der Waals surface area contributed by atoms with Gasteiger partial charge in [-0.15, -0.1) is 0 Å². The van der Waals surface area contributed by atoms with Crippen LogP contribution in [-0.4, -0.2) is 0 Å². The lowest BCUT2D eigenvalue weighted by Gasteiger charge is -2.32. The van der Waals surface area contributed by atoms with E-state index in [2.05, 4.69) is 218 Å². The standard InChI is InChI=1S/C61H36/c1-4-18-42-37(15-1)29-33-52-53-34-30-39-35-40(31-32-43(39)60(53)61(59(42)52)55-27-13-11-21-46(55)47-22-12-14-28-56(47)61)57-48-23-7-9-25-50(48)58(51-26-10-8-24-49(51)57)54-36-38-16-2-3-17-41(38)44-19-5-6-20-45(44)54/h1-36H. The molecule has 0 aliphatic heterocycles. The Bertz CT molecular complexity index is 3780. The first-order valence-electron chi connectivity index (χ1n) is 21.4. The van der Waals surface area contributed by atoms with E-state index in [1.165, 1.54) is 131 Å². The highest BCUT2D eigenvalue weighted by Gasteiger charge is 2.53. The first kappa shape index (κ1) is 33.1. The maximum atomic E-state index is 2.47. The van der Waals surface area contributed by atoms with Crippen molar-refractivity contribution in [3.63, 3.8) is 0 Å². The Morgan fingerprint density at radius 2 is 0.672 bits per heavy atom. The van der Waals surface area contributed by atoms with Crippen LogP contribution in [0.1, 0.15) is 22.3 Å². The monoisotopic (exact) mass is 768 g/mol. The molecule has 14 rings (SSSR count). The molecule has 1 spiro atoms. The molecule has 2 aliphatic carbocycles. The fourth-order valence-electron chi connectivity index (χ4n) is 11.9. The van der Waals surface area contributed by atoms with E-state index in [0.29, 0.717) is 0 Å². The van der Waals surface area contributed by atoms with Crippen molar-refractivity contribution in [2.45, 2.75) is 5.41 Å². The van der Waals surface area contributed by atoms with Crippen molar-refractivity contribution in [1.82, 2.24) is 0 Å². The quantitative estimate of drug-likeness (QED) is 0.121. The maximum absolute atomic E-state index is 2.47. The first-order valence-corrected chi connectivity index (χ1v) is 21.4. The van der Waals surface area contributed by atoms with Crippen molar-refractivity contribution >= 4 is 64.6 Å². The van der Waals surface area contributed by atoms with Gasteiger partial charge in [0.05, 0.1) is 5.41 Å². The molecule has 0 saturated carbocycles. The Hall–Kier alpha value is -7.80. The summed E-state index contributed by atoms with van der Waals surface area (Å²) in [6, 6.07) is 82.4. The molecule has 0 saturated heterocycles. The van der Waals surface area contributed by atoms with Crippen LogP contribution in [0.25, 0.3) is 109 Å². The molecule has 0 N–H and O–H groups in total. The molecule has 0 nitrogen and oxygen atoms in total. The Morgan fingerprint density at radius 1 is 0.230 bits per heavy atom. The molecule has 0 amide bonds. The first-order chi connectivity index (χ1) is 30.3. The second kappa shape index (κ2) is 12.1. The van der Waals surface area contributed by atoms with Crippen LogP contribution in [0.4, 0.5) is 0 Å². The fraction of sp³-hybridized carbons (Fsp3) is 0.0164. The van der Waals surface area contributed by atoms with Crippen LogP contribution in [0.5, 0.6) is 0 Å². The van der Waals surface area contributed by atoms with E-state index in [9.17, 15) is 0 Å². The summed E-state index contributed by atoms with van der Waals surface area (Å²) in [4.78, 5) is 0. The minimum absolute atomic E-state index is 0.455. The molecule has 61 heavy (non-hydrogen) atoms. The lowest BCUT2D eigenvalue weighted by atomic mass is 9.68. The molecule has 0 heterocycles. The predicted molar refractivity (Wildman–Crippen MR) is 259 cm³/mol. The van der Waals surface area contributed by atoms with Crippen LogP contribution in [0.3, 0.4) is 0 Å².